The Kier molecular flexibility index (Phi) is 6.16. The lowest BCUT2D eigenvalue weighted by molar-refractivity contribution is 0.0698. The predicted octanol–water partition coefficient (Wildman–Crippen LogP) is 2.79. The Morgan fingerprint density at radius 1 is 1.07 bits per heavy atom. The van der Waals surface area contributed by atoms with E-state index in [0.717, 1.165) is 38.4 Å². The van der Waals surface area contributed by atoms with Gasteiger partial charge in [-0.05, 0) is 36.9 Å². The fourth-order valence-corrected chi connectivity index (χ4v) is 3.36. The molecule has 0 saturated carbocycles. The van der Waals surface area contributed by atoms with Crippen LogP contribution in [0.3, 0.4) is 0 Å². The average Bonchev–Trinajstić information content (AvgIpc) is 2.73. The maximum absolute atomic E-state index is 12.6. The van der Waals surface area contributed by atoms with Crippen LogP contribution >= 0.6 is 0 Å². The van der Waals surface area contributed by atoms with E-state index in [2.05, 4.69) is 22.0 Å². The number of hydrogen-bond acceptors (Lipinski definition) is 5. The van der Waals surface area contributed by atoms with Gasteiger partial charge in [-0.3, -0.25) is 4.79 Å². The molecule has 2 aromatic rings. The summed E-state index contributed by atoms with van der Waals surface area (Å²) >= 11 is 0. The molecular formula is C21H25N3O4. The first kappa shape index (κ1) is 19.7. The van der Waals surface area contributed by atoms with Gasteiger partial charge in [0.25, 0.3) is 5.91 Å². The Morgan fingerprint density at radius 3 is 2.43 bits per heavy atom. The Morgan fingerprint density at radius 2 is 1.79 bits per heavy atom. The van der Waals surface area contributed by atoms with E-state index in [-0.39, 0.29) is 11.3 Å². The summed E-state index contributed by atoms with van der Waals surface area (Å²) in [6, 6.07) is 12.0. The van der Waals surface area contributed by atoms with Crippen LogP contribution in [0.2, 0.25) is 0 Å². The summed E-state index contributed by atoms with van der Waals surface area (Å²) in [7, 11) is 1.49. The number of methoxy groups -OCH3 is 1. The molecule has 7 heteroatoms. The molecule has 0 unspecified atom stereocenters. The monoisotopic (exact) mass is 383 g/mol. The van der Waals surface area contributed by atoms with Gasteiger partial charge in [0, 0.05) is 31.9 Å². The van der Waals surface area contributed by atoms with Crippen molar-refractivity contribution in [3.05, 3.63) is 53.6 Å². The lowest BCUT2D eigenvalue weighted by Gasteiger charge is -2.35. The third-order valence-corrected chi connectivity index (χ3v) is 5.02. The molecule has 2 aromatic carbocycles. The second-order valence-electron chi connectivity index (χ2n) is 6.61. The molecule has 0 aromatic heterocycles. The molecule has 1 aliphatic rings. The van der Waals surface area contributed by atoms with Crippen molar-refractivity contribution in [2.45, 2.75) is 6.92 Å². The third-order valence-electron chi connectivity index (χ3n) is 5.02. The molecule has 7 nitrogen and oxygen atoms in total. The molecule has 2 N–H and O–H groups in total. The van der Waals surface area contributed by atoms with E-state index < -0.39 is 11.9 Å². The molecule has 1 heterocycles. The summed E-state index contributed by atoms with van der Waals surface area (Å²) < 4.78 is 5.21. The van der Waals surface area contributed by atoms with Gasteiger partial charge in [-0.1, -0.05) is 19.1 Å². The highest BCUT2D eigenvalue weighted by atomic mass is 16.5. The van der Waals surface area contributed by atoms with Crippen LogP contribution in [0.25, 0.3) is 0 Å². The molecule has 0 spiro atoms. The number of para-hydroxylation sites is 1. The van der Waals surface area contributed by atoms with E-state index in [1.54, 1.807) is 36.4 Å². The highest BCUT2D eigenvalue weighted by Gasteiger charge is 2.20. The van der Waals surface area contributed by atoms with Gasteiger partial charge in [0.05, 0.1) is 23.9 Å². The molecule has 1 amide bonds. The van der Waals surface area contributed by atoms with Crippen molar-refractivity contribution >= 4 is 23.3 Å². The number of carboxylic acid groups (broad SMARTS) is 1. The Balaban J connectivity index is 1.82. The summed E-state index contributed by atoms with van der Waals surface area (Å²) in [6.45, 7) is 6.75. The minimum absolute atomic E-state index is 0.0682. The van der Waals surface area contributed by atoms with Crippen molar-refractivity contribution in [1.82, 2.24) is 4.90 Å². The normalized spacial score (nSPS) is 14.6. The first-order valence-corrected chi connectivity index (χ1v) is 9.32. The number of ether oxygens (including phenoxy) is 1. The van der Waals surface area contributed by atoms with Gasteiger partial charge >= 0.3 is 5.97 Å². The second kappa shape index (κ2) is 8.75. The number of aromatic carboxylic acids is 1. The standard InChI is InChI=1S/C21H25N3O4/c1-3-23-10-12-24(13-11-23)15-8-9-18(17(14-15)21(26)27)22-20(25)16-6-4-5-7-19(16)28-2/h4-9,14H,3,10-13H2,1-2H3,(H,22,25)(H,26,27). The van der Waals surface area contributed by atoms with Crippen molar-refractivity contribution < 1.29 is 19.4 Å². The minimum Gasteiger partial charge on any atom is -0.496 e. The van der Waals surface area contributed by atoms with Crippen LogP contribution in [-0.4, -0.2) is 61.7 Å². The molecule has 0 bridgehead atoms. The number of benzene rings is 2. The number of nitrogens with one attached hydrogen (secondary N) is 1. The molecule has 0 aliphatic carbocycles. The van der Waals surface area contributed by atoms with Crippen LogP contribution in [0.4, 0.5) is 11.4 Å². The van der Waals surface area contributed by atoms with Crippen molar-refractivity contribution in [1.29, 1.82) is 0 Å². The smallest absolute Gasteiger partial charge is 0.337 e. The molecule has 1 saturated heterocycles. The van der Waals surface area contributed by atoms with Gasteiger partial charge in [0.1, 0.15) is 5.75 Å². The number of carbonyl (C=O) groups is 2. The second-order valence-corrected chi connectivity index (χ2v) is 6.61. The van der Waals surface area contributed by atoms with Gasteiger partial charge in [-0.2, -0.15) is 0 Å². The Labute approximate surface area is 164 Å². The van der Waals surface area contributed by atoms with Crippen LogP contribution in [0.1, 0.15) is 27.6 Å². The zero-order valence-electron chi connectivity index (χ0n) is 16.1. The lowest BCUT2D eigenvalue weighted by Crippen LogP contribution is -2.46. The molecule has 1 aliphatic heterocycles. The van der Waals surface area contributed by atoms with Gasteiger partial charge in [-0.15, -0.1) is 0 Å². The number of anilines is 2. The molecule has 1 fully saturated rings. The van der Waals surface area contributed by atoms with Crippen LogP contribution in [-0.2, 0) is 0 Å². The van der Waals surface area contributed by atoms with Crippen molar-refractivity contribution in [3.63, 3.8) is 0 Å². The van der Waals surface area contributed by atoms with E-state index in [0.29, 0.717) is 11.3 Å². The first-order valence-electron chi connectivity index (χ1n) is 9.32. The number of piperazine rings is 1. The molecule has 0 atom stereocenters. The zero-order valence-corrected chi connectivity index (χ0v) is 16.1. The van der Waals surface area contributed by atoms with Crippen molar-refractivity contribution in [2.75, 3.05) is 50.1 Å². The largest absolute Gasteiger partial charge is 0.496 e. The van der Waals surface area contributed by atoms with Gasteiger partial charge in [0.15, 0.2) is 0 Å². The summed E-state index contributed by atoms with van der Waals surface area (Å²) in [5.74, 6) is -1.06. The Hall–Kier alpha value is -3.06. The maximum atomic E-state index is 12.6. The van der Waals surface area contributed by atoms with E-state index in [1.807, 2.05) is 6.07 Å². The molecular weight excluding hydrogens is 358 g/mol. The predicted molar refractivity (Wildman–Crippen MR) is 109 cm³/mol. The number of amides is 1. The molecule has 0 radical (unpaired) electrons. The maximum Gasteiger partial charge on any atom is 0.337 e. The van der Waals surface area contributed by atoms with Crippen LogP contribution in [0, 0.1) is 0 Å². The Bertz CT molecular complexity index is 860. The van der Waals surface area contributed by atoms with Crippen molar-refractivity contribution in [3.8, 4) is 5.75 Å². The van der Waals surface area contributed by atoms with E-state index in [4.69, 9.17) is 4.74 Å². The van der Waals surface area contributed by atoms with Crippen LogP contribution < -0.4 is 15.0 Å². The lowest BCUT2D eigenvalue weighted by atomic mass is 10.1. The van der Waals surface area contributed by atoms with Gasteiger partial charge in [-0.25, -0.2) is 4.79 Å². The van der Waals surface area contributed by atoms with E-state index in [1.165, 1.54) is 7.11 Å². The van der Waals surface area contributed by atoms with E-state index in [9.17, 15) is 14.7 Å². The fourth-order valence-electron chi connectivity index (χ4n) is 3.36. The minimum atomic E-state index is -1.08. The quantitative estimate of drug-likeness (QED) is 0.798. The van der Waals surface area contributed by atoms with Crippen LogP contribution in [0.5, 0.6) is 5.75 Å². The summed E-state index contributed by atoms with van der Waals surface area (Å²) in [4.78, 5) is 28.9. The van der Waals surface area contributed by atoms with Crippen LogP contribution in [0.15, 0.2) is 42.5 Å². The number of nitrogens with zero attached hydrogens (tertiary/aromatic N) is 2. The topological polar surface area (TPSA) is 82.1 Å². The zero-order chi connectivity index (χ0) is 20.1. The summed E-state index contributed by atoms with van der Waals surface area (Å²) in [5.41, 5.74) is 1.53. The summed E-state index contributed by atoms with van der Waals surface area (Å²) in [6.07, 6.45) is 0. The molecule has 148 valence electrons. The number of carbonyl (C=O) groups excluding carboxylic acids is 1. The first-order chi connectivity index (χ1) is 13.5. The highest BCUT2D eigenvalue weighted by molar-refractivity contribution is 6.09. The highest BCUT2D eigenvalue weighted by Crippen LogP contribution is 2.26. The number of carboxylic acids is 1. The number of likely N-dealkylation sites (N-methyl/N-ethyl adjacent to an activating group) is 1. The van der Waals surface area contributed by atoms with Gasteiger partial charge in [0.2, 0.25) is 0 Å². The van der Waals surface area contributed by atoms with E-state index >= 15 is 0 Å². The number of hydrogen-bond donors (Lipinski definition) is 2. The van der Waals surface area contributed by atoms with Gasteiger partial charge < -0.3 is 25.0 Å². The third kappa shape index (κ3) is 4.26. The SMILES string of the molecule is CCN1CCN(c2ccc(NC(=O)c3ccccc3OC)c(C(=O)O)c2)CC1. The molecule has 3 rings (SSSR count). The average molecular weight is 383 g/mol. The molecule has 28 heavy (non-hydrogen) atoms. The number of rotatable bonds is 6. The summed E-state index contributed by atoms with van der Waals surface area (Å²) in [5, 5.41) is 12.4. The van der Waals surface area contributed by atoms with Crippen molar-refractivity contribution in [2.24, 2.45) is 0 Å². The fraction of sp³-hybridized carbons (Fsp3) is 0.333.